The van der Waals surface area contributed by atoms with Crippen LogP contribution >= 0.6 is 27.5 Å². The van der Waals surface area contributed by atoms with Crippen molar-refractivity contribution in [1.29, 1.82) is 0 Å². The molecule has 0 spiro atoms. The summed E-state index contributed by atoms with van der Waals surface area (Å²) >= 11 is 9.58. The van der Waals surface area contributed by atoms with Crippen LogP contribution in [0.2, 0.25) is 5.02 Å². The van der Waals surface area contributed by atoms with Crippen LogP contribution in [0.25, 0.3) is 0 Å². The number of carbonyl (C=O) groups excluding carboxylic acids is 2. The summed E-state index contributed by atoms with van der Waals surface area (Å²) in [7, 11) is -3.81. The van der Waals surface area contributed by atoms with E-state index in [9.17, 15) is 18.0 Å². The van der Waals surface area contributed by atoms with E-state index in [1.807, 2.05) is 38.1 Å². The molecule has 0 unspecified atom stereocenters. The molecule has 0 saturated carbocycles. The van der Waals surface area contributed by atoms with Crippen LogP contribution in [0.4, 0.5) is 5.69 Å². The van der Waals surface area contributed by atoms with E-state index in [2.05, 4.69) is 21.2 Å². The molecule has 7 nitrogen and oxygen atoms in total. The van der Waals surface area contributed by atoms with E-state index in [4.69, 9.17) is 11.6 Å². The fourth-order valence-electron chi connectivity index (χ4n) is 3.24. The summed E-state index contributed by atoms with van der Waals surface area (Å²) in [6, 6.07) is 11.3. The molecule has 10 heteroatoms. The van der Waals surface area contributed by atoms with Gasteiger partial charge in [0.25, 0.3) is 0 Å². The van der Waals surface area contributed by atoms with Gasteiger partial charge in [-0.05, 0) is 63.1 Å². The first-order valence-corrected chi connectivity index (χ1v) is 13.4. The number of anilines is 1. The van der Waals surface area contributed by atoms with Crippen molar-refractivity contribution >= 4 is 55.1 Å². The Bertz CT molecular complexity index is 1110. The number of carbonyl (C=O) groups is 2. The number of rotatable bonds is 9. The van der Waals surface area contributed by atoms with Gasteiger partial charge in [-0.1, -0.05) is 45.7 Å². The van der Waals surface area contributed by atoms with E-state index in [0.717, 1.165) is 20.6 Å². The maximum Gasteiger partial charge on any atom is 0.244 e. The molecular weight excluding hydrogens is 530 g/mol. The molecule has 0 aromatic heterocycles. The number of nitrogens with one attached hydrogen (secondary N) is 1. The molecule has 1 atom stereocenters. The SMILES string of the molecule is Cc1c(Cl)cccc1N(CC(=O)N(Cc1ccc(Br)cc1)[C@@H](C)C(=O)NC(C)C)S(C)(=O)=O. The highest BCUT2D eigenvalue weighted by molar-refractivity contribution is 9.10. The molecule has 2 rings (SSSR count). The van der Waals surface area contributed by atoms with Gasteiger partial charge < -0.3 is 10.2 Å². The average Bonchev–Trinajstić information content (AvgIpc) is 2.72. The Balaban J connectivity index is 2.43. The monoisotopic (exact) mass is 557 g/mol. The van der Waals surface area contributed by atoms with E-state index in [-0.39, 0.29) is 18.5 Å². The summed E-state index contributed by atoms with van der Waals surface area (Å²) in [5.41, 5.74) is 1.67. The largest absolute Gasteiger partial charge is 0.352 e. The van der Waals surface area contributed by atoms with E-state index >= 15 is 0 Å². The predicted octanol–water partition coefficient (Wildman–Crippen LogP) is 4.12. The van der Waals surface area contributed by atoms with Gasteiger partial charge in [-0.25, -0.2) is 8.42 Å². The third-order valence-corrected chi connectivity index (χ3v) is 7.12. The smallest absolute Gasteiger partial charge is 0.244 e. The summed E-state index contributed by atoms with van der Waals surface area (Å²) in [6.07, 6.45) is 1.04. The Hall–Kier alpha value is -2.10. The first-order chi connectivity index (χ1) is 15.3. The van der Waals surface area contributed by atoms with Crippen molar-refractivity contribution in [2.24, 2.45) is 0 Å². The van der Waals surface area contributed by atoms with Gasteiger partial charge in [-0.3, -0.25) is 13.9 Å². The zero-order chi connectivity index (χ0) is 24.9. The summed E-state index contributed by atoms with van der Waals surface area (Å²) in [5.74, 6) is -0.825. The van der Waals surface area contributed by atoms with Crippen LogP contribution < -0.4 is 9.62 Å². The van der Waals surface area contributed by atoms with Crippen LogP contribution in [0, 0.1) is 6.92 Å². The van der Waals surface area contributed by atoms with Gasteiger partial charge in [0.2, 0.25) is 21.8 Å². The van der Waals surface area contributed by atoms with Gasteiger partial charge in [0.1, 0.15) is 12.6 Å². The quantitative estimate of drug-likeness (QED) is 0.502. The molecule has 180 valence electrons. The molecular formula is C23H29BrClN3O4S. The molecule has 0 saturated heterocycles. The van der Waals surface area contributed by atoms with Crippen LogP contribution in [0.5, 0.6) is 0 Å². The standard InChI is InChI=1S/C23H29BrClN3O4S/c1-15(2)26-23(30)17(4)27(13-18-9-11-19(24)12-10-18)22(29)14-28(33(5,31)32)21-8-6-7-20(25)16(21)3/h6-12,15,17H,13-14H2,1-5H3,(H,26,30)/t17-/m0/s1. The average molecular weight is 559 g/mol. The molecule has 0 aliphatic rings. The van der Waals surface area contributed by atoms with Crippen LogP contribution in [0.15, 0.2) is 46.9 Å². The Morgan fingerprint density at radius 1 is 1.09 bits per heavy atom. The van der Waals surface area contributed by atoms with Crippen LogP contribution in [-0.4, -0.2) is 50.0 Å². The van der Waals surface area contributed by atoms with E-state index in [0.29, 0.717) is 16.3 Å². The molecule has 2 aromatic rings. The van der Waals surface area contributed by atoms with Gasteiger partial charge >= 0.3 is 0 Å². The van der Waals surface area contributed by atoms with Crippen molar-refractivity contribution in [3.05, 3.63) is 63.1 Å². The summed E-state index contributed by atoms with van der Waals surface area (Å²) < 4.78 is 27.2. The van der Waals surface area contributed by atoms with Crippen molar-refractivity contribution in [3.63, 3.8) is 0 Å². The Morgan fingerprint density at radius 3 is 2.24 bits per heavy atom. The normalized spacial score (nSPS) is 12.4. The van der Waals surface area contributed by atoms with Crippen LogP contribution in [0.1, 0.15) is 31.9 Å². The number of amides is 2. The third kappa shape index (κ3) is 7.45. The first kappa shape index (κ1) is 27.1. The number of hydrogen-bond acceptors (Lipinski definition) is 4. The van der Waals surface area contributed by atoms with E-state index < -0.39 is 28.5 Å². The molecule has 0 aliphatic carbocycles. The molecule has 33 heavy (non-hydrogen) atoms. The zero-order valence-electron chi connectivity index (χ0n) is 19.3. The lowest BCUT2D eigenvalue weighted by Crippen LogP contribution is -2.52. The molecule has 0 fully saturated rings. The summed E-state index contributed by atoms with van der Waals surface area (Å²) in [5, 5.41) is 3.21. The fraction of sp³-hybridized carbons (Fsp3) is 0.391. The lowest BCUT2D eigenvalue weighted by Gasteiger charge is -2.32. The minimum atomic E-state index is -3.81. The lowest BCUT2D eigenvalue weighted by atomic mass is 10.1. The molecule has 0 bridgehead atoms. The molecule has 2 amide bonds. The number of sulfonamides is 1. The lowest BCUT2D eigenvalue weighted by molar-refractivity contribution is -0.139. The third-order valence-electron chi connectivity index (χ3n) is 5.05. The molecule has 0 heterocycles. The van der Waals surface area contributed by atoms with Crippen molar-refractivity contribution in [2.45, 2.75) is 46.3 Å². The molecule has 0 radical (unpaired) electrons. The van der Waals surface area contributed by atoms with Gasteiger partial charge in [0, 0.05) is 22.1 Å². The maximum absolute atomic E-state index is 13.5. The van der Waals surface area contributed by atoms with E-state index in [1.165, 1.54) is 4.90 Å². The Labute approximate surface area is 209 Å². The Morgan fingerprint density at radius 2 is 1.70 bits per heavy atom. The first-order valence-electron chi connectivity index (χ1n) is 10.4. The highest BCUT2D eigenvalue weighted by Crippen LogP contribution is 2.28. The second kappa shape index (κ2) is 11.4. The predicted molar refractivity (Wildman–Crippen MR) is 136 cm³/mol. The van der Waals surface area contributed by atoms with E-state index in [1.54, 1.807) is 32.0 Å². The number of hydrogen-bond donors (Lipinski definition) is 1. The van der Waals surface area contributed by atoms with Gasteiger partial charge in [-0.2, -0.15) is 0 Å². The fourth-order valence-corrected chi connectivity index (χ4v) is 4.57. The number of benzene rings is 2. The Kier molecular flexibility index (Phi) is 9.34. The van der Waals surface area contributed by atoms with Crippen LogP contribution in [-0.2, 0) is 26.2 Å². The topological polar surface area (TPSA) is 86.8 Å². The molecule has 2 aromatic carbocycles. The maximum atomic E-state index is 13.5. The van der Waals surface area contributed by atoms with Crippen molar-refractivity contribution < 1.29 is 18.0 Å². The number of nitrogens with zero attached hydrogens (tertiary/aromatic N) is 2. The van der Waals surface area contributed by atoms with Crippen LogP contribution in [0.3, 0.4) is 0 Å². The highest BCUT2D eigenvalue weighted by atomic mass is 79.9. The number of halogens is 2. The second-order valence-electron chi connectivity index (χ2n) is 8.14. The van der Waals surface area contributed by atoms with Crippen molar-refractivity contribution in [3.8, 4) is 0 Å². The summed E-state index contributed by atoms with van der Waals surface area (Å²) in [4.78, 5) is 27.6. The van der Waals surface area contributed by atoms with Gasteiger partial charge in [0.05, 0.1) is 11.9 Å². The zero-order valence-corrected chi connectivity index (χ0v) is 22.5. The van der Waals surface area contributed by atoms with Gasteiger partial charge in [-0.15, -0.1) is 0 Å². The summed E-state index contributed by atoms with van der Waals surface area (Å²) in [6.45, 7) is 6.67. The molecule has 0 aliphatic heterocycles. The minimum absolute atomic E-state index is 0.105. The second-order valence-corrected chi connectivity index (χ2v) is 11.4. The van der Waals surface area contributed by atoms with Crippen molar-refractivity contribution in [2.75, 3.05) is 17.1 Å². The van der Waals surface area contributed by atoms with Gasteiger partial charge in [0.15, 0.2) is 0 Å². The molecule has 1 N–H and O–H groups in total. The minimum Gasteiger partial charge on any atom is -0.352 e. The highest BCUT2D eigenvalue weighted by Gasteiger charge is 2.31. The van der Waals surface area contributed by atoms with Crippen molar-refractivity contribution in [1.82, 2.24) is 10.2 Å².